The molecule has 1 N–H and O–H groups in total. The quantitative estimate of drug-likeness (QED) is 0.877. The summed E-state index contributed by atoms with van der Waals surface area (Å²) in [4.78, 5) is 6.51. The fourth-order valence-corrected chi connectivity index (χ4v) is 1.77. The first-order chi connectivity index (χ1) is 8.08. The predicted octanol–water partition coefficient (Wildman–Crippen LogP) is 1.95. The molecule has 0 bridgehead atoms. The second kappa shape index (κ2) is 4.59. The van der Waals surface area contributed by atoms with Crippen molar-refractivity contribution in [2.24, 2.45) is 0 Å². The number of hydrogen-bond donors (Lipinski definition) is 1. The number of aromatic nitrogens is 2. The first kappa shape index (κ1) is 11.7. The van der Waals surface area contributed by atoms with Crippen LogP contribution in [0, 0.1) is 6.92 Å². The molecule has 0 aliphatic heterocycles. The van der Waals surface area contributed by atoms with Gasteiger partial charge in [0.25, 0.3) is 0 Å². The summed E-state index contributed by atoms with van der Waals surface area (Å²) in [5.74, 6) is 0.278. The van der Waals surface area contributed by atoms with Crippen LogP contribution < -0.4 is 0 Å². The van der Waals surface area contributed by atoms with Crippen LogP contribution in [-0.2, 0) is 6.54 Å². The van der Waals surface area contributed by atoms with Crippen LogP contribution in [0.1, 0.15) is 11.4 Å². The fourth-order valence-electron chi connectivity index (χ4n) is 1.77. The predicted molar refractivity (Wildman–Crippen MR) is 67.4 cm³/mol. The highest BCUT2D eigenvalue weighted by molar-refractivity contribution is 5.38. The number of phenolic OH excluding ortho intramolecular Hbond substituents is 1. The van der Waals surface area contributed by atoms with Gasteiger partial charge in [-0.3, -0.25) is 0 Å². The van der Waals surface area contributed by atoms with E-state index in [1.807, 2.05) is 37.1 Å². The minimum absolute atomic E-state index is 0.278. The summed E-state index contributed by atoms with van der Waals surface area (Å²) in [6.07, 6.45) is 1.82. The van der Waals surface area contributed by atoms with E-state index >= 15 is 0 Å². The Kier molecular flexibility index (Phi) is 3.15. The lowest BCUT2D eigenvalue weighted by Crippen LogP contribution is -2.12. The maximum Gasteiger partial charge on any atom is 0.115 e. The highest BCUT2D eigenvalue weighted by Crippen LogP contribution is 2.17. The molecule has 17 heavy (non-hydrogen) atoms. The molecule has 1 heterocycles. The minimum atomic E-state index is 0.278. The van der Waals surface area contributed by atoms with Crippen molar-refractivity contribution in [1.82, 2.24) is 14.5 Å². The third-order valence-electron chi connectivity index (χ3n) is 2.70. The third-order valence-corrected chi connectivity index (χ3v) is 2.70. The lowest BCUT2D eigenvalue weighted by atomic mass is 10.2. The molecule has 0 aliphatic carbocycles. The van der Waals surface area contributed by atoms with E-state index in [9.17, 15) is 5.11 Å². The normalized spacial score (nSPS) is 11.1. The van der Waals surface area contributed by atoms with Crippen LogP contribution in [0.25, 0.3) is 5.69 Å². The largest absolute Gasteiger partial charge is 0.508 e. The van der Waals surface area contributed by atoms with Gasteiger partial charge >= 0.3 is 0 Å². The Labute approximate surface area is 101 Å². The Bertz CT molecular complexity index is 500. The maximum absolute atomic E-state index is 9.27. The molecule has 0 radical (unpaired) electrons. The van der Waals surface area contributed by atoms with Crippen molar-refractivity contribution in [2.45, 2.75) is 13.5 Å². The number of rotatable bonds is 3. The van der Waals surface area contributed by atoms with Gasteiger partial charge in [-0.1, -0.05) is 0 Å². The second-order valence-corrected chi connectivity index (χ2v) is 4.40. The smallest absolute Gasteiger partial charge is 0.115 e. The van der Waals surface area contributed by atoms with Crippen LogP contribution in [-0.4, -0.2) is 33.7 Å². The van der Waals surface area contributed by atoms with E-state index in [1.54, 1.807) is 12.1 Å². The number of phenols is 1. The van der Waals surface area contributed by atoms with Crippen molar-refractivity contribution >= 4 is 0 Å². The van der Waals surface area contributed by atoms with Crippen molar-refractivity contribution in [3.8, 4) is 11.4 Å². The van der Waals surface area contributed by atoms with E-state index in [4.69, 9.17) is 0 Å². The molecule has 0 fully saturated rings. The van der Waals surface area contributed by atoms with Gasteiger partial charge < -0.3 is 14.6 Å². The Morgan fingerprint density at radius 2 is 1.88 bits per heavy atom. The summed E-state index contributed by atoms with van der Waals surface area (Å²) in [6.45, 7) is 2.88. The van der Waals surface area contributed by atoms with Crippen LogP contribution in [0.5, 0.6) is 5.75 Å². The molecular weight excluding hydrogens is 214 g/mol. The average molecular weight is 231 g/mol. The second-order valence-electron chi connectivity index (χ2n) is 4.40. The first-order valence-electron chi connectivity index (χ1n) is 5.55. The first-order valence-corrected chi connectivity index (χ1v) is 5.55. The van der Waals surface area contributed by atoms with Gasteiger partial charge in [-0.2, -0.15) is 0 Å². The standard InChI is InChI=1S/C13H17N3O/c1-10-13(8-15(2)3)14-9-16(10)11-4-6-12(17)7-5-11/h4-7,9,17H,8H2,1-3H3. The van der Waals surface area contributed by atoms with Crippen molar-refractivity contribution < 1.29 is 5.11 Å². The molecule has 0 amide bonds. The zero-order valence-corrected chi connectivity index (χ0v) is 10.4. The molecule has 1 aromatic carbocycles. The zero-order chi connectivity index (χ0) is 12.4. The van der Waals surface area contributed by atoms with E-state index in [2.05, 4.69) is 16.8 Å². The van der Waals surface area contributed by atoms with Gasteiger partial charge in [-0.15, -0.1) is 0 Å². The highest BCUT2D eigenvalue weighted by Gasteiger charge is 2.08. The SMILES string of the molecule is Cc1c(CN(C)C)ncn1-c1ccc(O)cc1. The van der Waals surface area contributed by atoms with E-state index < -0.39 is 0 Å². The molecule has 4 nitrogen and oxygen atoms in total. The van der Waals surface area contributed by atoms with Crippen molar-refractivity contribution in [3.63, 3.8) is 0 Å². The number of hydrogen-bond acceptors (Lipinski definition) is 3. The van der Waals surface area contributed by atoms with Gasteiger partial charge in [-0.05, 0) is 45.3 Å². The lowest BCUT2D eigenvalue weighted by molar-refractivity contribution is 0.396. The lowest BCUT2D eigenvalue weighted by Gasteiger charge is -2.09. The summed E-state index contributed by atoms with van der Waals surface area (Å²) < 4.78 is 2.03. The van der Waals surface area contributed by atoms with Gasteiger partial charge in [0.15, 0.2) is 0 Å². The number of imidazole rings is 1. The summed E-state index contributed by atoms with van der Waals surface area (Å²) in [6, 6.07) is 7.12. The van der Waals surface area contributed by atoms with E-state index in [0.717, 1.165) is 23.6 Å². The topological polar surface area (TPSA) is 41.3 Å². The average Bonchev–Trinajstić information content (AvgIpc) is 2.61. The molecule has 0 unspecified atom stereocenters. The molecule has 2 aromatic rings. The molecule has 1 aromatic heterocycles. The number of benzene rings is 1. The Morgan fingerprint density at radius 3 is 2.47 bits per heavy atom. The summed E-state index contributed by atoms with van der Waals surface area (Å²) in [5.41, 5.74) is 3.21. The minimum Gasteiger partial charge on any atom is -0.508 e. The van der Waals surface area contributed by atoms with Gasteiger partial charge in [0.1, 0.15) is 5.75 Å². The monoisotopic (exact) mass is 231 g/mol. The van der Waals surface area contributed by atoms with Gasteiger partial charge in [0.05, 0.1) is 12.0 Å². The molecule has 0 aliphatic rings. The maximum atomic E-state index is 9.27. The molecule has 0 saturated heterocycles. The number of nitrogens with zero attached hydrogens (tertiary/aromatic N) is 3. The van der Waals surface area contributed by atoms with Crippen molar-refractivity contribution in [3.05, 3.63) is 42.0 Å². The van der Waals surface area contributed by atoms with Crippen molar-refractivity contribution in [2.75, 3.05) is 14.1 Å². The van der Waals surface area contributed by atoms with Gasteiger partial charge in [0.2, 0.25) is 0 Å². The van der Waals surface area contributed by atoms with E-state index in [0.29, 0.717) is 0 Å². The summed E-state index contributed by atoms with van der Waals surface area (Å²) >= 11 is 0. The molecule has 0 saturated carbocycles. The van der Waals surface area contributed by atoms with Gasteiger partial charge in [-0.25, -0.2) is 4.98 Å². The van der Waals surface area contributed by atoms with E-state index in [-0.39, 0.29) is 5.75 Å². The Hall–Kier alpha value is -1.81. The van der Waals surface area contributed by atoms with Crippen LogP contribution in [0.15, 0.2) is 30.6 Å². The fraction of sp³-hybridized carbons (Fsp3) is 0.308. The molecular formula is C13H17N3O. The molecule has 90 valence electrons. The molecule has 0 atom stereocenters. The molecule has 2 rings (SSSR count). The Balaban J connectivity index is 2.33. The molecule has 4 heteroatoms. The molecule has 0 spiro atoms. The zero-order valence-electron chi connectivity index (χ0n) is 10.4. The van der Waals surface area contributed by atoms with Crippen LogP contribution in [0.4, 0.5) is 0 Å². The highest BCUT2D eigenvalue weighted by atomic mass is 16.3. The number of aromatic hydroxyl groups is 1. The summed E-state index contributed by atoms with van der Waals surface area (Å²) in [7, 11) is 4.05. The van der Waals surface area contributed by atoms with Crippen molar-refractivity contribution in [1.29, 1.82) is 0 Å². The van der Waals surface area contributed by atoms with E-state index in [1.165, 1.54) is 0 Å². The van der Waals surface area contributed by atoms with Gasteiger partial charge in [0, 0.05) is 17.9 Å². The van der Waals surface area contributed by atoms with Crippen LogP contribution in [0.2, 0.25) is 0 Å². The third kappa shape index (κ3) is 2.47. The summed E-state index contributed by atoms with van der Waals surface area (Å²) in [5, 5.41) is 9.27. The van der Waals surface area contributed by atoms with Crippen LogP contribution in [0.3, 0.4) is 0 Å². The Morgan fingerprint density at radius 1 is 1.24 bits per heavy atom. The van der Waals surface area contributed by atoms with Crippen LogP contribution >= 0.6 is 0 Å².